The number of hydrogen-bond donors (Lipinski definition) is 2. The Balaban J connectivity index is 2.76. The number of nitrogens with zero attached hydrogens (tertiary/aromatic N) is 3. The molecule has 6 heteroatoms. The first-order valence-electron chi connectivity index (χ1n) is 5.43. The van der Waals surface area contributed by atoms with Crippen molar-refractivity contribution >= 4 is 27.6 Å². The molecular weight excluding hydrogens is 284 g/mol. The van der Waals surface area contributed by atoms with Gasteiger partial charge in [-0.1, -0.05) is 5.16 Å². The van der Waals surface area contributed by atoms with Crippen LogP contribution in [0.25, 0.3) is 0 Å². The minimum atomic E-state index is 0.234. The van der Waals surface area contributed by atoms with Crippen LogP contribution in [0.1, 0.15) is 19.0 Å². The Morgan fingerprint density at radius 1 is 1.59 bits per heavy atom. The van der Waals surface area contributed by atoms with E-state index < -0.39 is 0 Å². The minimum absolute atomic E-state index is 0.234. The molecule has 0 spiro atoms. The summed E-state index contributed by atoms with van der Waals surface area (Å²) in [6.07, 6.45) is 0.515. The first-order chi connectivity index (χ1) is 8.08. The molecule has 5 nitrogen and oxygen atoms in total. The molecular formula is C11H17BrN4O. The maximum Gasteiger partial charge on any atom is 0.140 e. The Morgan fingerprint density at radius 2 is 2.29 bits per heavy atom. The topological polar surface area (TPSA) is 74.7 Å². The zero-order valence-electron chi connectivity index (χ0n) is 10.0. The van der Waals surface area contributed by atoms with Gasteiger partial charge in [-0.05, 0) is 41.9 Å². The number of hydrogen-bond acceptors (Lipinski definition) is 4. The van der Waals surface area contributed by atoms with Gasteiger partial charge in [-0.3, -0.25) is 0 Å². The summed E-state index contributed by atoms with van der Waals surface area (Å²) in [4.78, 5) is 6.56. The average Bonchev–Trinajstić information content (AvgIpc) is 2.33. The standard InChI is InChI=1S/C11H17BrN4O/c1-3-16(7-6-10(13)15-17)11-5-4-9(12)8(2)14-11/h4-5,17H,3,6-7H2,1-2H3,(H2,13,15). The summed E-state index contributed by atoms with van der Waals surface area (Å²) in [7, 11) is 0. The lowest BCUT2D eigenvalue weighted by Crippen LogP contribution is -2.28. The highest BCUT2D eigenvalue weighted by Gasteiger charge is 2.08. The first-order valence-corrected chi connectivity index (χ1v) is 6.22. The molecule has 0 fully saturated rings. The number of aryl methyl sites for hydroxylation is 1. The highest BCUT2D eigenvalue weighted by atomic mass is 79.9. The zero-order valence-corrected chi connectivity index (χ0v) is 11.6. The van der Waals surface area contributed by atoms with Gasteiger partial charge >= 0.3 is 0 Å². The van der Waals surface area contributed by atoms with Crippen molar-refractivity contribution in [2.24, 2.45) is 10.9 Å². The second-order valence-corrected chi connectivity index (χ2v) is 4.51. The molecule has 0 unspecified atom stereocenters. The van der Waals surface area contributed by atoms with Crippen LogP contribution in [0.2, 0.25) is 0 Å². The first kappa shape index (κ1) is 13.8. The van der Waals surface area contributed by atoms with Crippen molar-refractivity contribution < 1.29 is 5.21 Å². The van der Waals surface area contributed by atoms with E-state index in [2.05, 4.69) is 31.0 Å². The maximum absolute atomic E-state index is 8.49. The molecule has 0 bridgehead atoms. The molecule has 0 saturated heterocycles. The predicted octanol–water partition coefficient (Wildman–Crippen LogP) is 2.12. The van der Waals surface area contributed by atoms with Crippen molar-refractivity contribution in [3.63, 3.8) is 0 Å². The van der Waals surface area contributed by atoms with Gasteiger partial charge in [0.05, 0.1) is 5.69 Å². The third-order valence-corrected chi connectivity index (χ3v) is 3.32. The van der Waals surface area contributed by atoms with E-state index in [0.29, 0.717) is 13.0 Å². The Hall–Kier alpha value is -1.30. The molecule has 0 radical (unpaired) electrons. The summed E-state index contributed by atoms with van der Waals surface area (Å²) in [5, 5.41) is 11.5. The van der Waals surface area contributed by atoms with Gasteiger partial charge in [0.25, 0.3) is 0 Å². The lowest BCUT2D eigenvalue weighted by Gasteiger charge is -2.22. The molecule has 94 valence electrons. The highest BCUT2D eigenvalue weighted by Crippen LogP contribution is 2.19. The third-order valence-electron chi connectivity index (χ3n) is 2.48. The van der Waals surface area contributed by atoms with Crippen LogP contribution < -0.4 is 10.6 Å². The molecule has 0 amide bonds. The summed E-state index contributed by atoms with van der Waals surface area (Å²) < 4.78 is 0.994. The molecule has 1 rings (SSSR count). The van der Waals surface area contributed by atoms with E-state index in [9.17, 15) is 0 Å². The van der Waals surface area contributed by atoms with E-state index in [0.717, 1.165) is 22.5 Å². The Labute approximate surface area is 109 Å². The van der Waals surface area contributed by atoms with E-state index in [1.165, 1.54) is 0 Å². The van der Waals surface area contributed by atoms with Crippen LogP contribution in [0.15, 0.2) is 21.8 Å². The maximum atomic E-state index is 8.49. The van der Waals surface area contributed by atoms with Gasteiger partial charge in [-0.25, -0.2) is 4.98 Å². The zero-order chi connectivity index (χ0) is 12.8. The van der Waals surface area contributed by atoms with Gasteiger partial charge in [0.2, 0.25) is 0 Å². The second kappa shape index (κ2) is 6.44. The largest absolute Gasteiger partial charge is 0.409 e. The van der Waals surface area contributed by atoms with E-state index in [4.69, 9.17) is 10.9 Å². The van der Waals surface area contributed by atoms with Crippen LogP contribution in [0.3, 0.4) is 0 Å². The number of rotatable bonds is 5. The van der Waals surface area contributed by atoms with Crippen molar-refractivity contribution in [2.75, 3.05) is 18.0 Å². The lowest BCUT2D eigenvalue weighted by molar-refractivity contribution is 0.317. The van der Waals surface area contributed by atoms with Crippen molar-refractivity contribution in [1.29, 1.82) is 0 Å². The summed E-state index contributed by atoms with van der Waals surface area (Å²) in [6.45, 7) is 5.50. The third kappa shape index (κ3) is 3.89. The number of amidine groups is 1. The average molecular weight is 301 g/mol. The molecule has 0 aromatic carbocycles. The van der Waals surface area contributed by atoms with Crippen molar-refractivity contribution in [3.8, 4) is 0 Å². The van der Waals surface area contributed by atoms with Crippen LogP contribution in [-0.2, 0) is 0 Å². The summed E-state index contributed by atoms with van der Waals surface area (Å²) in [5.41, 5.74) is 6.40. The SMILES string of the molecule is CCN(CC/C(N)=N/O)c1ccc(Br)c(C)n1. The van der Waals surface area contributed by atoms with Gasteiger partial charge in [-0.2, -0.15) is 0 Å². The smallest absolute Gasteiger partial charge is 0.140 e. The van der Waals surface area contributed by atoms with E-state index in [1.54, 1.807) is 0 Å². The Kier molecular flexibility index (Phi) is 5.21. The Bertz CT molecular complexity index is 408. The number of pyridine rings is 1. The molecule has 3 N–H and O–H groups in total. The molecule has 17 heavy (non-hydrogen) atoms. The second-order valence-electron chi connectivity index (χ2n) is 3.66. The lowest BCUT2D eigenvalue weighted by atomic mass is 10.3. The van der Waals surface area contributed by atoms with Crippen molar-refractivity contribution in [3.05, 3.63) is 22.3 Å². The number of halogens is 1. The molecule has 1 aromatic rings. The summed E-state index contributed by atoms with van der Waals surface area (Å²) in [6, 6.07) is 3.93. The summed E-state index contributed by atoms with van der Waals surface area (Å²) in [5.74, 6) is 1.14. The fourth-order valence-corrected chi connectivity index (χ4v) is 1.66. The van der Waals surface area contributed by atoms with E-state index in [-0.39, 0.29) is 5.84 Å². The van der Waals surface area contributed by atoms with Crippen LogP contribution >= 0.6 is 15.9 Å². The molecule has 0 aliphatic heterocycles. The molecule has 0 atom stereocenters. The summed E-state index contributed by atoms with van der Waals surface area (Å²) >= 11 is 3.42. The quantitative estimate of drug-likeness (QED) is 0.378. The number of oxime groups is 1. The van der Waals surface area contributed by atoms with Gasteiger partial charge in [0.1, 0.15) is 11.7 Å². The van der Waals surface area contributed by atoms with Gasteiger partial charge in [0, 0.05) is 24.0 Å². The van der Waals surface area contributed by atoms with E-state index >= 15 is 0 Å². The molecule has 1 heterocycles. The fraction of sp³-hybridized carbons (Fsp3) is 0.455. The van der Waals surface area contributed by atoms with Gasteiger partial charge < -0.3 is 15.8 Å². The monoisotopic (exact) mass is 300 g/mol. The van der Waals surface area contributed by atoms with E-state index in [1.807, 2.05) is 26.0 Å². The van der Waals surface area contributed by atoms with Crippen LogP contribution in [0.5, 0.6) is 0 Å². The van der Waals surface area contributed by atoms with Crippen LogP contribution in [0.4, 0.5) is 5.82 Å². The number of nitrogens with two attached hydrogens (primary N) is 1. The Morgan fingerprint density at radius 3 is 2.82 bits per heavy atom. The minimum Gasteiger partial charge on any atom is -0.409 e. The van der Waals surface area contributed by atoms with Gasteiger partial charge in [0.15, 0.2) is 0 Å². The number of anilines is 1. The predicted molar refractivity (Wildman–Crippen MR) is 72.6 cm³/mol. The molecule has 0 aliphatic carbocycles. The normalized spacial score (nSPS) is 11.6. The van der Waals surface area contributed by atoms with Crippen LogP contribution in [-0.4, -0.2) is 29.1 Å². The molecule has 0 aliphatic rings. The van der Waals surface area contributed by atoms with Gasteiger partial charge in [-0.15, -0.1) is 0 Å². The molecule has 0 saturated carbocycles. The molecule has 1 aromatic heterocycles. The fourth-order valence-electron chi connectivity index (χ4n) is 1.44. The highest BCUT2D eigenvalue weighted by molar-refractivity contribution is 9.10. The number of aromatic nitrogens is 1. The van der Waals surface area contributed by atoms with Crippen molar-refractivity contribution in [1.82, 2.24) is 4.98 Å². The van der Waals surface area contributed by atoms with Crippen LogP contribution in [0, 0.1) is 6.92 Å². The van der Waals surface area contributed by atoms with Crippen molar-refractivity contribution in [2.45, 2.75) is 20.3 Å².